The molecule has 3 rings (SSSR count). The van der Waals surface area contributed by atoms with Crippen LogP contribution in [0.3, 0.4) is 0 Å². The van der Waals surface area contributed by atoms with Crippen molar-refractivity contribution in [3.63, 3.8) is 0 Å². The van der Waals surface area contributed by atoms with Crippen LogP contribution in [0, 0.1) is 0 Å². The van der Waals surface area contributed by atoms with Crippen molar-refractivity contribution in [2.45, 2.75) is 15.3 Å². The van der Waals surface area contributed by atoms with E-state index in [2.05, 4.69) is 4.18 Å². The van der Waals surface area contributed by atoms with Gasteiger partial charge in [0.2, 0.25) is 0 Å². The molecule has 0 bridgehead atoms. The first kappa shape index (κ1) is 17.6. The average molecular weight is 384 g/mol. The van der Waals surface area contributed by atoms with E-state index in [0.29, 0.717) is 4.90 Å². The molecular weight excluding hydrogens is 373 g/mol. The lowest BCUT2D eigenvalue weighted by Gasteiger charge is -2.11. The van der Waals surface area contributed by atoms with Crippen LogP contribution in [0.1, 0.15) is 0 Å². The lowest BCUT2D eigenvalue weighted by atomic mass is 10.1. The summed E-state index contributed by atoms with van der Waals surface area (Å²) in [6.07, 6.45) is 0. The van der Waals surface area contributed by atoms with E-state index in [1.807, 2.05) is 42.5 Å². The van der Waals surface area contributed by atoms with Crippen LogP contribution in [-0.2, 0) is 10.1 Å². The second-order valence-corrected chi connectivity index (χ2v) is 7.69. The molecular formula is C17H11F3O3S2. The number of halogens is 3. The fourth-order valence-corrected chi connectivity index (χ4v) is 3.64. The maximum absolute atomic E-state index is 12.4. The zero-order valence-corrected chi connectivity index (χ0v) is 14.2. The van der Waals surface area contributed by atoms with Crippen LogP contribution in [0.4, 0.5) is 13.2 Å². The molecule has 0 atom stereocenters. The van der Waals surface area contributed by atoms with Crippen molar-refractivity contribution in [1.82, 2.24) is 0 Å². The summed E-state index contributed by atoms with van der Waals surface area (Å²) in [7, 11) is -5.68. The molecule has 0 aliphatic heterocycles. The van der Waals surface area contributed by atoms with Crippen LogP contribution in [0.5, 0.6) is 5.75 Å². The Morgan fingerprint density at radius 2 is 1.56 bits per heavy atom. The quantitative estimate of drug-likeness (QED) is 0.457. The Morgan fingerprint density at radius 3 is 2.32 bits per heavy atom. The minimum absolute atomic E-state index is 0.387. The number of fused-ring (bicyclic) bond motifs is 1. The molecule has 3 aromatic carbocycles. The molecule has 3 aromatic rings. The summed E-state index contributed by atoms with van der Waals surface area (Å²) in [5.74, 6) is -0.387. The minimum atomic E-state index is -5.68. The van der Waals surface area contributed by atoms with E-state index < -0.39 is 15.6 Å². The van der Waals surface area contributed by atoms with Crippen LogP contribution in [0.25, 0.3) is 10.8 Å². The first-order valence-electron chi connectivity index (χ1n) is 7.03. The monoisotopic (exact) mass is 384 g/mol. The Morgan fingerprint density at radius 1 is 0.880 bits per heavy atom. The molecule has 130 valence electrons. The molecule has 25 heavy (non-hydrogen) atoms. The van der Waals surface area contributed by atoms with Gasteiger partial charge in [0.15, 0.2) is 0 Å². The van der Waals surface area contributed by atoms with E-state index in [0.717, 1.165) is 21.7 Å². The smallest absolute Gasteiger partial charge is 0.376 e. The molecule has 3 nitrogen and oxygen atoms in total. The van der Waals surface area contributed by atoms with Crippen LogP contribution in [0.15, 0.2) is 76.5 Å². The standard InChI is InChI=1S/C17H11F3O3S2/c18-17(19,20)25(21,22)23-13-7-4-8-14(11-13)24-16-10-3-6-12-5-1-2-9-15(12)16/h1-11H. The maximum atomic E-state index is 12.4. The van der Waals surface area contributed by atoms with E-state index in [1.165, 1.54) is 23.9 Å². The van der Waals surface area contributed by atoms with Gasteiger partial charge in [0.25, 0.3) is 0 Å². The van der Waals surface area contributed by atoms with Crippen LogP contribution < -0.4 is 4.18 Å². The predicted octanol–water partition coefficient (Wildman–Crippen LogP) is 5.22. The van der Waals surface area contributed by atoms with Crippen molar-refractivity contribution in [3.8, 4) is 5.75 Å². The second kappa shape index (κ2) is 6.61. The minimum Gasteiger partial charge on any atom is -0.376 e. The number of hydrogen-bond acceptors (Lipinski definition) is 4. The third kappa shape index (κ3) is 3.91. The van der Waals surface area contributed by atoms with E-state index in [1.54, 1.807) is 6.07 Å². The molecule has 0 fully saturated rings. The third-order valence-electron chi connectivity index (χ3n) is 3.27. The predicted molar refractivity (Wildman–Crippen MR) is 90.1 cm³/mol. The van der Waals surface area contributed by atoms with Gasteiger partial charge in [0.1, 0.15) is 5.75 Å². The number of benzene rings is 3. The number of alkyl halides is 3. The summed E-state index contributed by atoms with van der Waals surface area (Å²) in [4.78, 5) is 1.46. The van der Waals surface area contributed by atoms with Gasteiger partial charge in [-0.2, -0.15) is 21.6 Å². The zero-order chi connectivity index (χ0) is 18.1. The largest absolute Gasteiger partial charge is 0.534 e. The summed E-state index contributed by atoms with van der Waals surface area (Å²) in [5, 5.41) is 2.02. The summed E-state index contributed by atoms with van der Waals surface area (Å²) in [6.45, 7) is 0. The van der Waals surface area contributed by atoms with Gasteiger partial charge >= 0.3 is 15.6 Å². The van der Waals surface area contributed by atoms with Crippen molar-refractivity contribution in [2.24, 2.45) is 0 Å². The first-order chi connectivity index (χ1) is 11.8. The fraction of sp³-hybridized carbons (Fsp3) is 0.0588. The molecule has 0 aromatic heterocycles. The van der Waals surface area contributed by atoms with Gasteiger partial charge in [-0.25, -0.2) is 0 Å². The second-order valence-electron chi connectivity index (χ2n) is 5.04. The molecule has 8 heteroatoms. The van der Waals surface area contributed by atoms with Crippen LogP contribution in [-0.4, -0.2) is 13.9 Å². The van der Waals surface area contributed by atoms with Crippen LogP contribution >= 0.6 is 11.8 Å². The van der Waals surface area contributed by atoms with Gasteiger partial charge in [-0.3, -0.25) is 0 Å². The highest BCUT2D eigenvalue weighted by Gasteiger charge is 2.48. The van der Waals surface area contributed by atoms with Gasteiger partial charge in [-0.15, -0.1) is 0 Å². The molecule has 0 aliphatic carbocycles. The van der Waals surface area contributed by atoms with Crippen molar-refractivity contribution in [3.05, 3.63) is 66.7 Å². The SMILES string of the molecule is O=S(=O)(Oc1cccc(Sc2cccc3ccccc23)c1)C(F)(F)F. The maximum Gasteiger partial charge on any atom is 0.534 e. The Balaban J connectivity index is 1.90. The Bertz CT molecular complexity index is 1010. The Labute approximate surface area is 146 Å². The molecule has 0 amide bonds. The van der Waals surface area contributed by atoms with Crippen molar-refractivity contribution < 1.29 is 25.8 Å². The molecule has 0 spiro atoms. The van der Waals surface area contributed by atoms with E-state index in [4.69, 9.17) is 0 Å². The Kier molecular flexibility index (Phi) is 4.66. The Hall–Kier alpha value is -2.19. The lowest BCUT2D eigenvalue weighted by molar-refractivity contribution is -0.0500. The van der Waals surface area contributed by atoms with Crippen molar-refractivity contribution in [2.75, 3.05) is 0 Å². The topological polar surface area (TPSA) is 43.4 Å². The third-order valence-corrected chi connectivity index (χ3v) is 5.32. The molecule has 0 unspecified atom stereocenters. The van der Waals surface area contributed by atoms with Crippen molar-refractivity contribution >= 4 is 32.7 Å². The number of rotatable bonds is 4. The highest BCUT2D eigenvalue weighted by atomic mass is 32.2. The normalized spacial score (nSPS) is 12.3. The molecule has 0 N–H and O–H groups in total. The zero-order valence-electron chi connectivity index (χ0n) is 12.5. The molecule has 0 aliphatic rings. The molecule has 0 heterocycles. The van der Waals surface area contributed by atoms with E-state index in [9.17, 15) is 21.6 Å². The lowest BCUT2D eigenvalue weighted by Crippen LogP contribution is -2.28. The van der Waals surface area contributed by atoms with Crippen molar-refractivity contribution in [1.29, 1.82) is 0 Å². The van der Waals surface area contributed by atoms with Gasteiger partial charge in [0.05, 0.1) is 0 Å². The molecule has 0 saturated heterocycles. The fourth-order valence-electron chi connectivity index (χ4n) is 2.18. The molecule has 0 radical (unpaired) electrons. The summed E-state index contributed by atoms with van der Waals surface area (Å²) in [6, 6.07) is 18.9. The summed E-state index contributed by atoms with van der Waals surface area (Å²) < 4.78 is 63.7. The highest BCUT2D eigenvalue weighted by Crippen LogP contribution is 2.35. The molecule has 0 saturated carbocycles. The highest BCUT2D eigenvalue weighted by molar-refractivity contribution is 7.99. The summed E-state index contributed by atoms with van der Waals surface area (Å²) >= 11 is 1.31. The van der Waals surface area contributed by atoms with Gasteiger partial charge in [0, 0.05) is 9.79 Å². The average Bonchev–Trinajstić information content (AvgIpc) is 2.54. The van der Waals surface area contributed by atoms with Gasteiger partial charge in [-0.05, 0) is 35.0 Å². The van der Waals surface area contributed by atoms with Crippen LogP contribution in [0.2, 0.25) is 0 Å². The van der Waals surface area contributed by atoms with Gasteiger partial charge < -0.3 is 4.18 Å². The van der Waals surface area contributed by atoms with Gasteiger partial charge in [-0.1, -0.05) is 54.2 Å². The van der Waals surface area contributed by atoms with E-state index in [-0.39, 0.29) is 5.75 Å². The summed E-state index contributed by atoms with van der Waals surface area (Å²) in [5.41, 5.74) is -5.47. The number of hydrogen-bond donors (Lipinski definition) is 0. The van der Waals surface area contributed by atoms with E-state index >= 15 is 0 Å². The first-order valence-corrected chi connectivity index (χ1v) is 9.25.